The zero-order valence-corrected chi connectivity index (χ0v) is 21.4. The van der Waals surface area contributed by atoms with Gasteiger partial charge in [-0.15, -0.1) is 0 Å². The number of alkyl halides is 3. The molecule has 0 aliphatic rings. The summed E-state index contributed by atoms with van der Waals surface area (Å²) >= 11 is 5.82. The van der Waals surface area contributed by atoms with Gasteiger partial charge < -0.3 is 24.8 Å². The number of ether oxygens (including phenoxy) is 3. The Kier molecular flexibility index (Phi) is 10.2. The van der Waals surface area contributed by atoms with Gasteiger partial charge in [-0.3, -0.25) is 14.4 Å². The van der Waals surface area contributed by atoms with Crippen LogP contribution in [0.15, 0.2) is 66.7 Å². The highest BCUT2D eigenvalue weighted by molar-refractivity contribution is 6.33. The summed E-state index contributed by atoms with van der Waals surface area (Å²) in [6, 6.07) is 16.2. The predicted octanol–water partition coefficient (Wildman–Crippen LogP) is 6.45. The van der Waals surface area contributed by atoms with Gasteiger partial charge in [0.25, 0.3) is 5.91 Å². The number of amides is 2. The Morgan fingerprint density at radius 1 is 0.821 bits per heavy atom. The lowest BCUT2D eigenvalue weighted by atomic mass is 10.2. The summed E-state index contributed by atoms with van der Waals surface area (Å²) in [5.74, 6) is -0.0337. The molecule has 8 nitrogen and oxygen atoms in total. The molecule has 0 spiro atoms. The van der Waals surface area contributed by atoms with Gasteiger partial charge in [0.15, 0.2) is 6.61 Å². The second-order valence-corrected chi connectivity index (χ2v) is 8.51. The van der Waals surface area contributed by atoms with Crippen LogP contribution in [0.3, 0.4) is 0 Å². The molecular formula is C27H24ClF3N2O6. The Bertz CT molecular complexity index is 1300. The summed E-state index contributed by atoms with van der Waals surface area (Å²) in [7, 11) is 1.57. The van der Waals surface area contributed by atoms with Crippen molar-refractivity contribution in [2.45, 2.75) is 25.4 Å². The molecule has 2 amide bonds. The molecule has 3 aromatic carbocycles. The molecule has 0 radical (unpaired) electrons. The van der Waals surface area contributed by atoms with Crippen molar-refractivity contribution < 1.29 is 41.8 Å². The largest absolute Gasteiger partial charge is 0.497 e. The molecule has 206 valence electrons. The molecule has 3 aromatic rings. The van der Waals surface area contributed by atoms with Crippen LogP contribution in [0.4, 0.5) is 24.5 Å². The highest BCUT2D eigenvalue weighted by atomic mass is 35.5. The van der Waals surface area contributed by atoms with Gasteiger partial charge in [-0.05, 0) is 73.2 Å². The number of hydrogen-bond acceptors (Lipinski definition) is 6. The van der Waals surface area contributed by atoms with Gasteiger partial charge in [0.2, 0.25) is 5.91 Å². The van der Waals surface area contributed by atoms with Gasteiger partial charge in [-0.1, -0.05) is 11.6 Å². The first-order valence-electron chi connectivity index (χ1n) is 11.6. The van der Waals surface area contributed by atoms with Crippen molar-refractivity contribution >= 4 is 40.8 Å². The topological polar surface area (TPSA) is 103 Å². The van der Waals surface area contributed by atoms with E-state index in [-0.39, 0.29) is 35.9 Å². The number of nitrogens with one attached hydrogen (secondary N) is 2. The van der Waals surface area contributed by atoms with E-state index < -0.39 is 30.2 Å². The number of methoxy groups -OCH3 is 1. The van der Waals surface area contributed by atoms with Crippen molar-refractivity contribution in [1.29, 1.82) is 0 Å². The van der Waals surface area contributed by atoms with Gasteiger partial charge in [0.05, 0.1) is 23.4 Å². The van der Waals surface area contributed by atoms with Gasteiger partial charge in [0, 0.05) is 18.5 Å². The van der Waals surface area contributed by atoms with Crippen molar-refractivity contribution in [2.75, 3.05) is 24.4 Å². The Morgan fingerprint density at radius 3 is 2.05 bits per heavy atom. The van der Waals surface area contributed by atoms with Gasteiger partial charge >= 0.3 is 12.1 Å². The minimum Gasteiger partial charge on any atom is -0.497 e. The predicted molar refractivity (Wildman–Crippen MR) is 138 cm³/mol. The average Bonchev–Trinajstić information content (AvgIpc) is 2.89. The van der Waals surface area contributed by atoms with Crippen LogP contribution in [0, 0.1) is 0 Å². The summed E-state index contributed by atoms with van der Waals surface area (Å²) in [6.07, 6.45) is -4.58. The van der Waals surface area contributed by atoms with Gasteiger partial charge in [-0.2, -0.15) is 13.2 Å². The van der Waals surface area contributed by atoms with Crippen LogP contribution in [-0.4, -0.2) is 31.5 Å². The summed E-state index contributed by atoms with van der Waals surface area (Å²) in [4.78, 5) is 36.0. The number of esters is 1. The van der Waals surface area contributed by atoms with E-state index in [9.17, 15) is 27.6 Å². The number of halogens is 4. The molecule has 2 N–H and O–H groups in total. The molecule has 0 aliphatic heterocycles. The molecule has 0 aliphatic carbocycles. The highest BCUT2D eigenvalue weighted by Gasteiger charge is 2.31. The number of hydrogen-bond donors (Lipinski definition) is 2. The van der Waals surface area contributed by atoms with Crippen molar-refractivity contribution in [3.63, 3.8) is 0 Å². The molecule has 0 saturated carbocycles. The molecule has 0 aromatic heterocycles. The maximum absolute atomic E-state index is 12.8. The van der Waals surface area contributed by atoms with E-state index in [1.807, 2.05) is 0 Å². The monoisotopic (exact) mass is 564 g/mol. The molecule has 39 heavy (non-hydrogen) atoms. The van der Waals surface area contributed by atoms with Crippen LogP contribution in [-0.2, 0) is 25.3 Å². The molecular weight excluding hydrogens is 541 g/mol. The number of carbonyl (C=O) groups is 3. The Hall–Kier alpha value is -4.25. The zero-order chi connectivity index (χ0) is 28.4. The SMILES string of the molecule is COc1ccc(Oc2ccc(NC(=O)CCCC(=O)OCC(=O)Nc3cc(C(F)(F)F)ccc3Cl)cc2)cc1. The van der Waals surface area contributed by atoms with Crippen LogP contribution in [0.25, 0.3) is 0 Å². The normalized spacial score (nSPS) is 10.9. The van der Waals surface area contributed by atoms with Gasteiger partial charge in [-0.25, -0.2) is 0 Å². The Balaban J connectivity index is 1.35. The van der Waals surface area contributed by atoms with E-state index >= 15 is 0 Å². The van der Waals surface area contributed by atoms with E-state index in [1.54, 1.807) is 55.6 Å². The third kappa shape index (κ3) is 9.53. The second kappa shape index (κ2) is 13.5. The van der Waals surface area contributed by atoms with Crippen LogP contribution >= 0.6 is 11.6 Å². The Morgan fingerprint density at radius 2 is 1.44 bits per heavy atom. The van der Waals surface area contributed by atoms with Crippen molar-refractivity contribution in [3.05, 3.63) is 77.3 Å². The second-order valence-electron chi connectivity index (χ2n) is 8.10. The van der Waals surface area contributed by atoms with Gasteiger partial charge in [0.1, 0.15) is 17.2 Å². The van der Waals surface area contributed by atoms with Crippen molar-refractivity contribution in [1.82, 2.24) is 0 Å². The smallest absolute Gasteiger partial charge is 0.416 e. The van der Waals surface area contributed by atoms with Crippen molar-refractivity contribution in [3.8, 4) is 17.2 Å². The number of rotatable bonds is 11. The minimum absolute atomic E-state index is 0.0191. The first-order valence-corrected chi connectivity index (χ1v) is 12.0. The van der Waals surface area contributed by atoms with E-state index in [4.69, 9.17) is 25.8 Å². The first kappa shape index (κ1) is 29.3. The van der Waals surface area contributed by atoms with E-state index in [0.717, 1.165) is 12.1 Å². The summed E-state index contributed by atoms with van der Waals surface area (Å²) in [5.41, 5.74) is -0.713. The van der Waals surface area contributed by atoms with Crippen LogP contribution < -0.4 is 20.1 Å². The molecule has 0 unspecified atom stereocenters. The Labute approximate surface area is 227 Å². The summed E-state index contributed by atoms with van der Waals surface area (Å²) in [5, 5.41) is 4.77. The molecule has 12 heteroatoms. The van der Waals surface area contributed by atoms with E-state index in [1.165, 1.54) is 0 Å². The molecule has 0 fully saturated rings. The lowest BCUT2D eigenvalue weighted by molar-refractivity contribution is -0.147. The molecule has 0 atom stereocenters. The maximum atomic E-state index is 12.8. The molecule has 0 saturated heterocycles. The van der Waals surface area contributed by atoms with E-state index in [2.05, 4.69) is 10.6 Å². The number of carbonyl (C=O) groups excluding carboxylic acids is 3. The fraction of sp³-hybridized carbons (Fsp3) is 0.222. The summed E-state index contributed by atoms with van der Waals surface area (Å²) < 4.78 is 54.2. The molecule has 3 rings (SSSR count). The minimum atomic E-state index is -4.61. The van der Waals surface area contributed by atoms with Crippen LogP contribution in [0.2, 0.25) is 5.02 Å². The summed E-state index contributed by atoms with van der Waals surface area (Å²) in [6.45, 7) is -0.720. The fourth-order valence-electron chi connectivity index (χ4n) is 3.20. The average molecular weight is 565 g/mol. The highest BCUT2D eigenvalue weighted by Crippen LogP contribution is 2.33. The zero-order valence-electron chi connectivity index (χ0n) is 20.6. The quantitative estimate of drug-likeness (QED) is 0.259. The standard InChI is InChI=1S/C27H24ClF3N2O6/c1-37-19-10-12-21(13-11-19)39-20-8-6-18(7-9-20)32-24(34)3-2-4-26(36)38-16-25(35)33-23-15-17(27(29,30)31)5-14-22(23)28/h5-15H,2-4,16H2,1H3,(H,32,34)(H,33,35). The van der Waals surface area contributed by atoms with Crippen molar-refractivity contribution in [2.24, 2.45) is 0 Å². The molecule has 0 bridgehead atoms. The van der Waals surface area contributed by atoms with E-state index in [0.29, 0.717) is 29.0 Å². The fourth-order valence-corrected chi connectivity index (χ4v) is 3.37. The lowest BCUT2D eigenvalue weighted by Gasteiger charge is -2.12. The number of benzene rings is 3. The third-order valence-corrected chi connectivity index (χ3v) is 5.48. The van der Waals surface area contributed by atoms with Crippen LogP contribution in [0.1, 0.15) is 24.8 Å². The molecule has 0 heterocycles. The maximum Gasteiger partial charge on any atom is 0.416 e. The number of anilines is 2. The lowest BCUT2D eigenvalue weighted by Crippen LogP contribution is -2.21. The van der Waals surface area contributed by atoms with Crippen LogP contribution in [0.5, 0.6) is 17.2 Å². The third-order valence-electron chi connectivity index (χ3n) is 5.15. The first-order chi connectivity index (χ1) is 18.5.